The molecule has 4 heterocycles. The molecule has 74 heavy (non-hydrogen) atoms. The molecular weight excluding hydrogens is 901 g/mol. The molecule has 0 saturated heterocycles. The molecular formula is C70H40N2O2. The smallest absolute Gasteiger partial charge is 0.143 e. The second-order valence-electron chi connectivity index (χ2n) is 19.9. The molecule has 0 bridgehead atoms. The van der Waals surface area contributed by atoms with E-state index in [0.29, 0.717) is 0 Å². The second-order valence-corrected chi connectivity index (χ2v) is 19.9. The molecule has 0 N–H and O–H groups in total. The van der Waals surface area contributed by atoms with Gasteiger partial charge in [-0.05, 0) is 164 Å². The number of hydrogen-bond donors (Lipinski definition) is 0. The maximum Gasteiger partial charge on any atom is 0.143 e. The van der Waals surface area contributed by atoms with Crippen molar-refractivity contribution in [2.45, 2.75) is 0 Å². The van der Waals surface area contributed by atoms with Crippen LogP contribution in [-0.2, 0) is 0 Å². The van der Waals surface area contributed by atoms with E-state index in [9.17, 15) is 0 Å². The Morgan fingerprint density at radius 3 is 1.08 bits per heavy atom. The highest BCUT2D eigenvalue weighted by Gasteiger charge is 2.23. The van der Waals surface area contributed by atoms with Crippen molar-refractivity contribution in [1.82, 2.24) is 9.13 Å². The molecule has 0 aliphatic carbocycles. The number of hydrogen-bond acceptors (Lipinski definition) is 2. The van der Waals surface area contributed by atoms with E-state index in [4.69, 9.17) is 8.83 Å². The second kappa shape index (κ2) is 14.8. The minimum atomic E-state index is 0.887. The molecule has 0 saturated carbocycles. The lowest BCUT2D eigenvalue weighted by Gasteiger charge is -2.16. The number of furan rings is 2. The van der Waals surface area contributed by atoms with Crippen LogP contribution in [0.25, 0.3) is 164 Å². The molecule has 0 unspecified atom stereocenters. The van der Waals surface area contributed by atoms with Gasteiger partial charge in [-0.25, -0.2) is 0 Å². The van der Waals surface area contributed by atoms with Gasteiger partial charge in [-0.2, -0.15) is 0 Å². The summed E-state index contributed by atoms with van der Waals surface area (Å²) in [5.74, 6) is 0. The van der Waals surface area contributed by atoms with Crippen LogP contribution in [0.5, 0.6) is 0 Å². The normalized spacial score (nSPS) is 12.3. The van der Waals surface area contributed by atoms with Crippen molar-refractivity contribution in [3.63, 3.8) is 0 Å². The average molecular weight is 941 g/mol. The van der Waals surface area contributed by atoms with Crippen molar-refractivity contribution in [3.05, 3.63) is 243 Å². The molecule has 0 atom stereocenters. The van der Waals surface area contributed by atoms with Gasteiger partial charge in [0, 0.05) is 65.2 Å². The van der Waals surface area contributed by atoms with Crippen molar-refractivity contribution < 1.29 is 8.83 Å². The first-order valence-corrected chi connectivity index (χ1v) is 25.4. The Morgan fingerprint density at radius 1 is 0.243 bits per heavy atom. The van der Waals surface area contributed by atoms with Crippen molar-refractivity contribution in [3.8, 4) is 33.6 Å². The van der Waals surface area contributed by atoms with Crippen LogP contribution in [0.15, 0.2) is 251 Å². The highest BCUT2D eigenvalue weighted by molar-refractivity contribution is 6.30. The minimum absolute atomic E-state index is 0.887. The first-order valence-electron chi connectivity index (χ1n) is 25.4. The van der Waals surface area contributed by atoms with Gasteiger partial charge in [0.1, 0.15) is 22.3 Å². The molecule has 13 aromatic carbocycles. The van der Waals surface area contributed by atoms with E-state index in [1.54, 1.807) is 0 Å². The van der Waals surface area contributed by atoms with Gasteiger partial charge in [0.25, 0.3) is 0 Å². The summed E-state index contributed by atoms with van der Waals surface area (Å²) in [7, 11) is 0. The Labute approximate surface area is 422 Å². The van der Waals surface area contributed by atoms with Gasteiger partial charge in [0.05, 0.1) is 22.1 Å². The molecule has 0 radical (unpaired) electrons. The molecule has 0 aliphatic rings. The van der Waals surface area contributed by atoms with Gasteiger partial charge in [0.2, 0.25) is 0 Å². The van der Waals surface area contributed by atoms with E-state index in [0.717, 1.165) is 110 Å². The summed E-state index contributed by atoms with van der Waals surface area (Å²) in [6.07, 6.45) is 0. The first kappa shape index (κ1) is 39.8. The summed E-state index contributed by atoms with van der Waals surface area (Å²) in [6.45, 7) is 0. The van der Waals surface area contributed by atoms with E-state index >= 15 is 0 Å². The van der Waals surface area contributed by atoms with Gasteiger partial charge in [0.15, 0.2) is 0 Å². The largest absolute Gasteiger partial charge is 0.455 e. The number of nitrogens with zero attached hydrogens (tertiary/aromatic N) is 2. The zero-order valence-electron chi connectivity index (χ0n) is 39.8. The summed E-state index contributed by atoms with van der Waals surface area (Å²) in [5.41, 5.74) is 15.1. The summed E-state index contributed by atoms with van der Waals surface area (Å²) in [6, 6.07) is 88.6. The Balaban J connectivity index is 0.974. The van der Waals surface area contributed by atoms with E-state index in [1.807, 2.05) is 0 Å². The van der Waals surface area contributed by atoms with Crippen LogP contribution in [0.4, 0.5) is 0 Å². The number of rotatable bonds is 4. The fourth-order valence-corrected chi connectivity index (χ4v) is 12.8. The Morgan fingerprint density at radius 2 is 0.622 bits per heavy atom. The van der Waals surface area contributed by atoms with Gasteiger partial charge in [-0.1, -0.05) is 133 Å². The van der Waals surface area contributed by atoms with Crippen LogP contribution < -0.4 is 0 Å². The third-order valence-electron chi connectivity index (χ3n) is 16.0. The van der Waals surface area contributed by atoms with Crippen LogP contribution in [0.2, 0.25) is 0 Å². The van der Waals surface area contributed by atoms with Crippen LogP contribution >= 0.6 is 0 Å². The van der Waals surface area contributed by atoms with Gasteiger partial charge >= 0.3 is 0 Å². The monoisotopic (exact) mass is 940 g/mol. The number of aromatic nitrogens is 2. The third-order valence-corrected chi connectivity index (χ3v) is 16.0. The molecule has 0 spiro atoms. The van der Waals surface area contributed by atoms with E-state index in [-0.39, 0.29) is 0 Å². The number of benzene rings is 13. The lowest BCUT2D eigenvalue weighted by molar-refractivity contribution is 0.672. The molecule has 4 nitrogen and oxygen atoms in total. The SMILES string of the molecule is c1ccc(-n2c3ccccc3c3cc(-c4cc5cc6c(cc(-c7ccc8c(c7)c7ccccc7n8-c7ccccc7)c7c6ccc6c8ccccc8oc67)cc5c5ccc6c7ccccc7oc6c45)ccc32)cc1. The highest BCUT2D eigenvalue weighted by Crippen LogP contribution is 2.48. The molecule has 4 heteroatoms. The Hall–Kier alpha value is -9.90. The fourth-order valence-electron chi connectivity index (χ4n) is 12.8. The van der Waals surface area contributed by atoms with E-state index in [2.05, 4.69) is 252 Å². The van der Waals surface area contributed by atoms with Crippen LogP contribution in [-0.4, -0.2) is 9.13 Å². The molecule has 0 amide bonds. The predicted octanol–water partition coefficient (Wildman–Crippen LogP) is 19.6. The van der Waals surface area contributed by atoms with Crippen molar-refractivity contribution in [2.75, 3.05) is 0 Å². The molecule has 342 valence electrons. The standard InChI is InChI=1S/C70H40N2O2/c1-3-15-45(16-4-1)71-61-23-11-7-19-47(61)59-35-41(27-33-63(59)71)57-39-43-37-56-44(38-55(43)51-29-31-53-49-21-9-13-25-65(49)73-69(53)67(51)57)40-58(68-52(56)30-32-54-50-22-10-14-26-66(50)74-70(54)68)42-28-34-64-60(36-42)48-20-8-12-24-62(48)72(64)46-17-5-2-6-18-46/h1-40H. The van der Waals surface area contributed by atoms with Gasteiger partial charge < -0.3 is 18.0 Å². The lowest BCUT2D eigenvalue weighted by atomic mass is 9.87. The predicted molar refractivity (Wildman–Crippen MR) is 311 cm³/mol. The Kier molecular flexibility index (Phi) is 7.97. The molecule has 4 aromatic heterocycles. The van der Waals surface area contributed by atoms with E-state index < -0.39 is 0 Å². The van der Waals surface area contributed by atoms with E-state index in [1.165, 1.54) is 54.4 Å². The third kappa shape index (κ3) is 5.46. The average Bonchev–Trinajstić information content (AvgIpc) is 4.26. The first-order chi connectivity index (χ1) is 36.7. The van der Waals surface area contributed by atoms with Crippen molar-refractivity contribution >= 4 is 131 Å². The number of fused-ring (bicyclic) bond motifs is 20. The van der Waals surface area contributed by atoms with Crippen molar-refractivity contribution in [2.24, 2.45) is 0 Å². The molecule has 0 fully saturated rings. The summed E-state index contributed by atoms with van der Waals surface area (Å²) in [5, 5.41) is 18.5. The van der Waals surface area contributed by atoms with Gasteiger partial charge in [-0.15, -0.1) is 0 Å². The fraction of sp³-hybridized carbons (Fsp3) is 0. The summed E-state index contributed by atoms with van der Waals surface area (Å²) in [4.78, 5) is 0. The van der Waals surface area contributed by atoms with Gasteiger partial charge in [-0.3, -0.25) is 0 Å². The van der Waals surface area contributed by atoms with Crippen LogP contribution in [0, 0.1) is 0 Å². The zero-order valence-corrected chi connectivity index (χ0v) is 39.8. The highest BCUT2D eigenvalue weighted by atomic mass is 16.3. The number of para-hydroxylation sites is 6. The molecule has 17 rings (SSSR count). The quantitative estimate of drug-likeness (QED) is 0.130. The van der Waals surface area contributed by atoms with Crippen LogP contribution in [0.1, 0.15) is 0 Å². The zero-order chi connectivity index (χ0) is 48.2. The Bertz CT molecular complexity index is 4910. The summed E-state index contributed by atoms with van der Waals surface area (Å²) >= 11 is 0. The maximum absolute atomic E-state index is 6.96. The lowest BCUT2D eigenvalue weighted by Crippen LogP contribution is -1.93. The maximum atomic E-state index is 6.96. The van der Waals surface area contributed by atoms with Crippen LogP contribution in [0.3, 0.4) is 0 Å². The van der Waals surface area contributed by atoms with Crippen molar-refractivity contribution in [1.29, 1.82) is 0 Å². The molecule has 17 aromatic rings. The minimum Gasteiger partial charge on any atom is -0.455 e. The molecule has 0 aliphatic heterocycles. The summed E-state index contributed by atoms with van der Waals surface area (Å²) < 4.78 is 18.7. The topological polar surface area (TPSA) is 36.1 Å².